The van der Waals surface area contributed by atoms with Crippen LogP contribution in [0.1, 0.15) is 32.1 Å². The summed E-state index contributed by atoms with van der Waals surface area (Å²) >= 11 is 0. The summed E-state index contributed by atoms with van der Waals surface area (Å²) < 4.78 is 5.32. The van der Waals surface area contributed by atoms with Crippen molar-refractivity contribution in [3.05, 3.63) is 12.7 Å². The van der Waals surface area contributed by atoms with E-state index in [1.54, 1.807) is 7.11 Å². The Balaban J connectivity index is 2.35. The fourth-order valence-corrected chi connectivity index (χ4v) is 1.94. The first kappa shape index (κ1) is 8.79. The van der Waals surface area contributed by atoms with Gasteiger partial charge in [-0.3, -0.25) is 0 Å². The lowest BCUT2D eigenvalue weighted by atomic mass is 9.85. The molecule has 0 N–H and O–H groups in total. The molecule has 0 spiro atoms. The van der Waals surface area contributed by atoms with Crippen LogP contribution in [0.4, 0.5) is 0 Å². The van der Waals surface area contributed by atoms with E-state index in [1.165, 1.54) is 32.1 Å². The molecule has 1 atom stereocenters. The molecular formula is C10H18O. The Morgan fingerprint density at radius 2 is 2.00 bits per heavy atom. The van der Waals surface area contributed by atoms with Crippen LogP contribution in [0.3, 0.4) is 0 Å². The molecule has 1 heteroatoms. The molecule has 0 heterocycles. The first-order valence-corrected chi connectivity index (χ1v) is 4.54. The second kappa shape index (κ2) is 4.55. The number of ether oxygens (including phenoxy) is 1. The SMILES string of the molecule is C=C[C@@H](OC)C1CCCCC1. The summed E-state index contributed by atoms with van der Waals surface area (Å²) in [6.45, 7) is 3.78. The van der Waals surface area contributed by atoms with E-state index >= 15 is 0 Å². The van der Waals surface area contributed by atoms with Gasteiger partial charge in [0.05, 0.1) is 6.10 Å². The highest BCUT2D eigenvalue weighted by Gasteiger charge is 2.20. The van der Waals surface area contributed by atoms with Gasteiger partial charge in [-0.2, -0.15) is 0 Å². The van der Waals surface area contributed by atoms with E-state index in [9.17, 15) is 0 Å². The second-order valence-corrected chi connectivity index (χ2v) is 3.33. The van der Waals surface area contributed by atoms with Crippen molar-refractivity contribution in [2.75, 3.05) is 7.11 Å². The molecule has 1 fully saturated rings. The highest BCUT2D eigenvalue weighted by atomic mass is 16.5. The molecule has 0 aromatic heterocycles. The molecule has 0 aromatic rings. The van der Waals surface area contributed by atoms with Gasteiger partial charge in [0.15, 0.2) is 0 Å². The van der Waals surface area contributed by atoms with Crippen molar-refractivity contribution < 1.29 is 4.74 Å². The normalized spacial score (nSPS) is 23.0. The molecule has 1 aliphatic rings. The fraction of sp³-hybridized carbons (Fsp3) is 0.800. The Bertz CT molecular complexity index is 114. The van der Waals surface area contributed by atoms with Gasteiger partial charge in [-0.1, -0.05) is 25.3 Å². The molecule has 1 nitrogen and oxygen atoms in total. The molecule has 1 rings (SSSR count). The van der Waals surface area contributed by atoms with E-state index in [0.717, 1.165) is 5.92 Å². The molecular weight excluding hydrogens is 136 g/mol. The lowest BCUT2D eigenvalue weighted by Gasteiger charge is -2.26. The van der Waals surface area contributed by atoms with Gasteiger partial charge < -0.3 is 4.74 Å². The largest absolute Gasteiger partial charge is 0.377 e. The summed E-state index contributed by atoms with van der Waals surface area (Å²) in [5, 5.41) is 0. The first-order chi connectivity index (χ1) is 5.38. The molecule has 11 heavy (non-hydrogen) atoms. The van der Waals surface area contributed by atoms with E-state index in [-0.39, 0.29) is 0 Å². The zero-order valence-electron chi connectivity index (χ0n) is 7.38. The molecule has 1 saturated carbocycles. The Hall–Kier alpha value is -0.300. The van der Waals surface area contributed by atoms with Crippen LogP contribution >= 0.6 is 0 Å². The average molecular weight is 154 g/mol. The minimum absolute atomic E-state index is 0.301. The van der Waals surface area contributed by atoms with Crippen molar-refractivity contribution in [1.29, 1.82) is 0 Å². The van der Waals surface area contributed by atoms with Crippen molar-refractivity contribution >= 4 is 0 Å². The van der Waals surface area contributed by atoms with Crippen molar-refractivity contribution in [3.8, 4) is 0 Å². The van der Waals surface area contributed by atoms with E-state index in [2.05, 4.69) is 6.58 Å². The maximum absolute atomic E-state index is 5.32. The molecule has 0 aliphatic heterocycles. The molecule has 64 valence electrons. The Morgan fingerprint density at radius 3 is 2.45 bits per heavy atom. The van der Waals surface area contributed by atoms with Crippen molar-refractivity contribution in [2.45, 2.75) is 38.2 Å². The maximum atomic E-state index is 5.32. The Kier molecular flexibility index (Phi) is 3.64. The molecule has 0 saturated heterocycles. The van der Waals surface area contributed by atoms with Gasteiger partial charge in [-0.25, -0.2) is 0 Å². The van der Waals surface area contributed by atoms with Crippen LogP contribution < -0.4 is 0 Å². The van der Waals surface area contributed by atoms with Gasteiger partial charge in [0.1, 0.15) is 0 Å². The quantitative estimate of drug-likeness (QED) is 0.568. The van der Waals surface area contributed by atoms with Gasteiger partial charge in [-0.15, -0.1) is 6.58 Å². The smallest absolute Gasteiger partial charge is 0.0777 e. The third-order valence-corrected chi connectivity index (χ3v) is 2.62. The molecule has 0 unspecified atom stereocenters. The van der Waals surface area contributed by atoms with Gasteiger partial charge in [0.2, 0.25) is 0 Å². The summed E-state index contributed by atoms with van der Waals surface area (Å²) in [6.07, 6.45) is 9.04. The zero-order chi connectivity index (χ0) is 8.10. The van der Waals surface area contributed by atoms with Crippen LogP contribution in [0.5, 0.6) is 0 Å². The average Bonchev–Trinajstić information content (AvgIpc) is 2.09. The van der Waals surface area contributed by atoms with Crippen LogP contribution in [0.25, 0.3) is 0 Å². The number of methoxy groups -OCH3 is 1. The fourth-order valence-electron chi connectivity index (χ4n) is 1.94. The topological polar surface area (TPSA) is 9.23 Å². The standard InChI is InChI=1S/C10H18O/c1-3-10(11-2)9-7-5-4-6-8-9/h3,9-10H,1,4-8H2,2H3/t10-/m1/s1. The van der Waals surface area contributed by atoms with Crippen molar-refractivity contribution in [2.24, 2.45) is 5.92 Å². The van der Waals surface area contributed by atoms with Crippen LogP contribution in [0, 0.1) is 5.92 Å². The zero-order valence-corrected chi connectivity index (χ0v) is 7.38. The third kappa shape index (κ3) is 2.33. The first-order valence-electron chi connectivity index (χ1n) is 4.54. The monoisotopic (exact) mass is 154 g/mol. The minimum Gasteiger partial charge on any atom is -0.377 e. The number of rotatable bonds is 3. The summed E-state index contributed by atoms with van der Waals surface area (Å²) in [5.41, 5.74) is 0. The highest BCUT2D eigenvalue weighted by molar-refractivity contribution is 4.87. The Labute approximate surface area is 69.4 Å². The van der Waals surface area contributed by atoms with Crippen molar-refractivity contribution in [1.82, 2.24) is 0 Å². The number of hydrogen-bond acceptors (Lipinski definition) is 1. The molecule has 0 radical (unpaired) electrons. The van der Waals surface area contributed by atoms with E-state index in [0.29, 0.717) is 6.10 Å². The minimum atomic E-state index is 0.301. The maximum Gasteiger partial charge on any atom is 0.0777 e. The second-order valence-electron chi connectivity index (χ2n) is 3.33. The lowest BCUT2D eigenvalue weighted by Crippen LogP contribution is -2.22. The van der Waals surface area contributed by atoms with Gasteiger partial charge >= 0.3 is 0 Å². The van der Waals surface area contributed by atoms with E-state index in [1.807, 2.05) is 6.08 Å². The van der Waals surface area contributed by atoms with Crippen LogP contribution in [-0.4, -0.2) is 13.2 Å². The van der Waals surface area contributed by atoms with Crippen LogP contribution in [0.2, 0.25) is 0 Å². The predicted octanol–water partition coefficient (Wildman–Crippen LogP) is 2.77. The predicted molar refractivity (Wildman–Crippen MR) is 47.6 cm³/mol. The van der Waals surface area contributed by atoms with Crippen LogP contribution in [0.15, 0.2) is 12.7 Å². The summed E-state index contributed by atoms with van der Waals surface area (Å²) in [4.78, 5) is 0. The van der Waals surface area contributed by atoms with Crippen LogP contribution in [-0.2, 0) is 4.74 Å². The summed E-state index contributed by atoms with van der Waals surface area (Å²) in [6, 6.07) is 0. The van der Waals surface area contributed by atoms with Gasteiger partial charge in [0.25, 0.3) is 0 Å². The molecule has 0 bridgehead atoms. The lowest BCUT2D eigenvalue weighted by molar-refractivity contribution is 0.0722. The summed E-state index contributed by atoms with van der Waals surface area (Å²) in [5.74, 6) is 0.742. The summed E-state index contributed by atoms with van der Waals surface area (Å²) in [7, 11) is 1.78. The molecule has 0 aromatic carbocycles. The third-order valence-electron chi connectivity index (χ3n) is 2.62. The molecule has 1 aliphatic carbocycles. The Morgan fingerprint density at radius 1 is 1.36 bits per heavy atom. The highest BCUT2D eigenvalue weighted by Crippen LogP contribution is 2.27. The van der Waals surface area contributed by atoms with Crippen molar-refractivity contribution in [3.63, 3.8) is 0 Å². The van der Waals surface area contributed by atoms with Gasteiger partial charge in [0, 0.05) is 7.11 Å². The van der Waals surface area contributed by atoms with Gasteiger partial charge in [-0.05, 0) is 18.8 Å². The van der Waals surface area contributed by atoms with E-state index in [4.69, 9.17) is 4.74 Å². The molecule has 0 amide bonds. The number of hydrogen-bond donors (Lipinski definition) is 0. The van der Waals surface area contributed by atoms with E-state index < -0.39 is 0 Å².